The largest absolute Gasteiger partial charge is 0.397 e. The van der Waals surface area contributed by atoms with Crippen LogP contribution in [0.15, 0.2) is 18.5 Å². The van der Waals surface area contributed by atoms with Crippen LogP contribution < -0.4 is 5.73 Å². The number of hydrogen-bond acceptors (Lipinski definition) is 3. The molecule has 0 aliphatic carbocycles. The molecule has 80 valence electrons. The predicted octanol–water partition coefficient (Wildman–Crippen LogP) is 2.16. The van der Waals surface area contributed by atoms with Gasteiger partial charge in [0.1, 0.15) is 0 Å². The molecule has 2 heterocycles. The molecule has 2 rings (SSSR count). The van der Waals surface area contributed by atoms with Crippen molar-refractivity contribution in [2.45, 2.75) is 32.7 Å². The van der Waals surface area contributed by atoms with E-state index in [2.05, 4.69) is 30.9 Å². The van der Waals surface area contributed by atoms with Crippen LogP contribution in [-0.4, -0.2) is 14.8 Å². The lowest BCUT2D eigenvalue weighted by Gasteiger charge is -2.23. The van der Waals surface area contributed by atoms with Gasteiger partial charge in [0.25, 0.3) is 0 Å². The normalized spacial score (nSPS) is 12.2. The second kappa shape index (κ2) is 3.22. The highest BCUT2D eigenvalue weighted by molar-refractivity contribution is 5.77. The Bertz CT molecular complexity index is 484. The van der Waals surface area contributed by atoms with Gasteiger partial charge in [-0.05, 0) is 26.3 Å². The molecule has 15 heavy (non-hydrogen) atoms. The number of anilines is 1. The van der Waals surface area contributed by atoms with Crippen LogP contribution in [0.5, 0.6) is 0 Å². The van der Waals surface area contributed by atoms with Crippen LogP contribution in [0.4, 0.5) is 5.69 Å². The molecule has 0 spiro atoms. The van der Waals surface area contributed by atoms with Crippen molar-refractivity contribution in [1.82, 2.24) is 14.8 Å². The van der Waals surface area contributed by atoms with E-state index in [1.165, 1.54) is 0 Å². The third kappa shape index (κ3) is 1.56. The van der Waals surface area contributed by atoms with Crippen molar-refractivity contribution in [3.8, 4) is 0 Å². The first-order chi connectivity index (χ1) is 7.04. The number of aromatic nitrogens is 3. The Balaban J connectivity index is 2.64. The van der Waals surface area contributed by atoms with Gasteiger partial charge in [-0.15, -0.1) is 0 Å². The van der Waals surface area contributed by atoms with E-state index >= 15 is 0 Å². The van der Waals surface area contributed by atoms with Crippen LogP contribution in [-0.2, 0) is 5.54 Å². The van der Waals surface area contributed by atoms with Crippen LogP contribution >= 0.6 is 0 Å². The van der Waals surface area contributed by atoms with Crippen molar-refractivity contribution >= 4 is 16.7 Å². The summed E-state index contributed by atoms with van der Waals surface area (Å²) in [5.41, 5.74) is 7.24. The maximum Gasteiger partial charge on any atom is 0.158 e. The number of nitrogen functional groups attached to an aromatic ring is 1. The van der Waals surface area contributed by atoms with E-state index in [0.717, 1.165) is 17.5 Å². The topological polar surface area (TPSA) is 56.7 Å². The molecule has 0 unspecified atom stereocenters. The predicted molar refractivity (Wildman–Crippen MR) is 61.6 cm³/mol. The van der Waals surface area contributed by atoms with Gasteiger partial charge in [0.05, 0.1) is 23.6 Å². The second-order valence-corrected chi connectivity index (χ2v) is 4.40. The van der Waals surface area contributed by atoms with Crippen molar-refractivity contribution in [2.75, 3.05) is 5.73 Å². The monoisotopic (exact) mass is 204 g/mol. The van der Waals surface area contributed by atoms with E-state index in [1.54, 1.807) is 6.20 Å². The molecule has 0 bridgehead atoms. The maximum atomic E-state index is 5.68. The summed E-state index contributed by atoms with van der Waals surface area (Å²) < 4.78 is 1.96. The summed E-state index contributed by atoms with van der Waals surface area (Å²) >= 11 is 0. The molecule has 0 aromatic carbocycles. The standard InChI is InChI=1S/C11H16N4/c1-4-11(2,3)15-10-8(6-14-15)5-9(12)7-13-10/h5-7H,4,12H2,1-3H3. The molecule has 4 nitrogen and oxygen atoms in total. The lowest BCUT2D eigenvalue weighted by Crippen LogP contribution is -2.26. The van der Waals surface area contributed by atoms with Crippen molar-refractivity contribution < 1.29 is 0 Å². The summed E-state index contributed by atoms with van der Waals surface area (Å²) in [6.45, 7) is 6.44. The molecule has 0 saturated carbocycles. The Kier molecular flexibility index (Phi) is 2.14. The van der Waals surface area contributed by atoms with E-state index in [9.17, 15) is 0 Å². The third-order valence-electron chi connectivity index (χ3n) is 2.87. The summed E-state index contributed by atoms with van der Waals surface area (Å²) in [5, 5.41) is 5.37. The maximum absolute atomic E-state index is 5.68. The number of pyridine rings is 1. The van der Waals surface area contributed by atoms with Gasteiger partial charge in [0.2, 0.25) is 0 Å². The number of fused-ring (bicyclic) bond motifs is 1. The van der Waals surface area contributed by atoms with Crippen LogP contribution in [0, 0.1) is 0 Å². The fraction of sp³-hybridized carbons (Fsp3) is 0.455. The van der Waals surface area contributed by atoms with Gasteiger partial charge in [-0.1, -0.05) is 6.92 Å². The molecule has 2 aromatic rings. The first-order valence-corrected chi connectivity index (χ1v) is 5.14. The Morgan fingerprint density at radius 1 is 1.40 bits per heavy atom. The first kappa shape index (κ1) is 9.96. The highest BCUT2D eigenvalue weighted by atomic mass is 15.3. The second-order valence-electron chi connectivity index (χ2n) is 4.40. The minimum atomic E-state index is -0.00906. The lowest BCUT2D eigenvalue weighted by molar-refractivity contribution is 0.317. The van der Waals surface area contributed by atoms with E-state index in [1.807, 2.05) is 16.9 Å². The zero-order chi connectivity index (χ0) is 11.1. The highest BCUT2D eigenvalue weighted by Gasteiger charge is 2.21. The summed E-state index contributed by atoms with van der Waals surface area (Å²) in [5.74, 6) is 0. The average Bonchev–Trinajstić information content (AvgIpc) is 2.61. The minimum absolute atomic E-state index is 0.00906. The van der Waals surface area contributed by atoms with Gasteiger partial charge in [-0.2, -0.15) is 5.10 Å². The van der Waals surface area contributed by atoms with Gasteiger partial charge >= 0.3 is 0 Å². The third-order valence-corrected chi connectivity index (χ3v) is 2.87. The zero-order valence-electron chi connectivity index (χ0n) is 9.36. The van der Waals surface area contributed by atoms with Crippen molar-refractivity contribution in [1.29, 1.82) is 0 Å². The van der Waals surface area contributed by atoms with E-state index in [0.29, 0.717) is 5.69 Å². The van der Waals surface area contributed by atoms with Crippen molar-refractivity contribution in [3.63, 3.8) is 0 Å². The van der Waals surface area contributed by atoms with Gasteiger partial charge in [0.15, 0.2) is 5.65 Å². The fourth-order valence-electron chi connectivity index (χ4n) is 1.53. The number of rotatable bonds is 2. The molecule has 0 saturated heterocycles. The van der Waals surface area contributed by atoms with E-state index < -0.39 is 0 Å². The molecule has 2 aromatic heterocycles. The van der Waals surface area contributed by atoms with Crippen LogP contribution in [0.1, 0.15) is 27.2 Å². The molecule has 0 amide bonds. The summed E-state index contributed by atoms with van der Waals surface area (Å²) in [6, 6.07) is 1.90. The van der Waals surface area contributed by atoms with Crippen LogP contribution in [0.2, 0.25) is 0 Å². The number of nitrogens with two attached hydrogens (primary N) is 1. The highest BCUT2D eigenvalue weighted by Crippen LogP contribution is 2.24. The van der Waals surface area contributed by atoms with Crippen LogP contribution in [0.25, 0.3) is 11.0 Å². The molecule has 0 aliphatic rings. The van der Waals surface area contributed by atoms with E-state index in [4.69, 9.17) is 5.73 Å². The molecular formula is C11H16N4. The summed E-state index contributed by atoms with van der Waals surface area (Å²) in [7, 11) is 0. The van der Waals surface area contributed by atoms with Gasteiger partial charge in [-0.3, -0.25) is 0 Å². The Morgan fingerprint density at radius 2 is 2.13 bits per heavy atom. The van der Waals surface area contributed by atoms with Gasteiger partial charge < -0.3 is 5.73 Å². The molecule has 2 N–H and O–H groups in total. The van der Waals surface area contributed by atoms with Gasteiger partial charge in [0, 0.05) is 5.39 Å². The number of hydrogen-bond donors (Lipinski definition) is 1. The SMILES string of the molecule is CCC(C)(C)n1ncc2cc(N)cnc21. The molecular weight excluding hydrogens is 188 g/mol. The van der Waals surface area contributed by atoms with Gasteiger partial charge in [-0.25, -0.2) is 9.67 Å². The Morgan fingerprint density at radius 3 is 2.80 bits per heavy atom. The van der Waals surface area contributed by atoms with Crippen molar-refractivity contribution in [3.05, 3.63) is 18.5 Å². The quantitative estimate of drug-likeness (QED) is 0.815. The molecule has 0 aliphatic heterocycles. The van der Waals surface area contributed by atoms with Crippen LogP contribution in [0.3, 0.4) is 0 Å². The molecule has 0 fully saturated rings. The Labute approximate surface area is 89.1 Å². The summed E-state index contributed by atoms with van der Waals surface area (Å²) in [4.78, 5) is 4.33. The smallest absolute Gasteiger partial charge is 0.158 e. The summed E-state index contributed by atoms with van der Waals surface area (Å²) in [6.07, 6.45) is 4.50. The average molecular weight is 204 g/mol. The van der Waals surface area contributed by atoms with Crippen molar-refractivity contribution in [2.24, 2.45) is 0 Å². The first-order valence-electron chi connectivity index (χ1n) is 5.14. The molecule has 0 atom stereocenters. The fourth-order valence-corrected chi connectivity index (χ4v) is 1.53. The van der Waals surface area contributed by atoms with E-state index in [-0.39, 0.29) is 5.54 Å². The molecule has 0 radical (unpaired) electrons. The Hall–Kier alpha value is -1.58. The lowest BCUT2D eigenvalue weighted by atomic mass is 10.0. The minimum Gasteiger partial charge on any atom is -0.397 e. The molecule has 4 heteroatoms. The zero-order valence-corrected chi connectivity index (χ0v) is 9.36. The number of nitrogens with zero attached hydrogens (tertiary/aromatic N) is 3.